The van der Waals surface area contributed by atoms with E-state index in [0.29, 0.717) is 12.1 Å². The number of hydrogen-bond donors (Lipinski definition) is 2. The average molecular weight is 399 g/mol. The summed E-state index contributed by atoms with van der Waals surface area (Å²) in [6, 6.07) is 26.9. The molecule has 0 unspecified atom stereocenters. The first-order valence-corrected chi connectivity index (χ1v) is 10.0. The molecule has 0 aliphatic rings. The van der Waals surface area contributed by atoms with E-state index in [2.05, 4.69) is 60.2 Å². The van der Waals surface area contributed by atoms with E-state index >= 15 is 0 Å². The molecular weight excluding hydrogens is 372 g/mol. The summed E-state index contributed by atoms with van der Waals surface area (Å²) in [6.45, 7) is 3.71. The van der Waals surface area contributed by atoms with Crippen molar-refractivity contribution in [1.82, 2.24) is 4.57 Å². The predicted octanol–water partition coefficient (Wildman–Crippen LogP) is 6.03. The maximum Gasteiger partial charge on any atom is 0.303 e. The van der Waals surface area contributed by atoms with Crippen LogP contribution in [0, 0.1) is 12.3 Å². The smallest absolute Gasteiger partial charge is 0.303 e. The van der Waals surface area contributed by atoms with Crippen LogP contribution in [-0.4, -0.2) is 21.4 Å². The Balaban J connectivity index is 0.000000461. The molecule has 0 fully saturated rings. The summed E-state index contributed by atoms with van der Waals surface area (Å²) in [5.41, 5.74) is 6.36. The highest BCUT2D eigenvalue weighted by Gasteiger charge is 2.14. The van der Waals surface area contributed by atoms with Crippen LogP contribution in [0.1, 0.15) is 30.0 Å². The van der Waals surface area contributed by atoms with Gasteiger partial charge in [-0.05, 0) is 36.2 Å². The lowest BCUT2D eigenvalue weighted by Crippen LogP contribution is -2.04. The number of aryl methyl sites for hydroxylation is 1. The van der Waals surface area contributed by atoms with E-state index in [-0.39, 0.29) is 6.42 Å². The molecule has 1 heterocycles. The molecule has 2 N–H and O–H groups in total. The second-order valence-corrected chi connectivity index (χ2v) is 7.09. The molecule has 4 rings (SSSR count). The molecule has 0 aliphatic carbocycles. The average Bonchev–Trinajstić information content (AvgIpc) is 3.16. The molecule has 152 valence electrons. The van der Waals surface area contributed by atoms with E-state index < -0.39 is 5.97 Å². The van der Waals surface area contributed by atoms with E-state index in [1.165, 1.54) is 11.1 Å². The summed E-state index contributed by atoms with van der Waals surface area (Å²) in [6.07, 6.45) is 2.97. The fourth-order valence-electron chi connectivity index (χ4n) is 3.32. The quantitative estimate of drug-likeness (QED) is 0.403. The van der Waals surface area contributed by atoms with Crippen molar-refractivity contribution in [2.24, 2.45) is 0 Å². The number of fused-ring (bicyclic) bond motifs is 1. The van der Waals surface area contributed by atoms with Gasteiger partial charge in [-0.2, -0.15) is 0 Å². The molecule has 4 nitrogen and oxygen atoms in total. The Morgan fingerprint density at radius 1 is 0.933 bits per heavy atom. The zero-order valence-electron chi connectivity index (χ0n) is 17.3. The normalized spacial score (nSPS) is 10.3. The molecular formula is C26H26N2O2. The van der Waals surface area contributed by atoms with Crippen LogP contribution in [0.4, 0.5) is 0 Å². The van der Waals surface area contributed by atoms with Gasteiger partial charge in [-0.1, -0.05) is 67.6 Å². The fourth-order valence-corrected chi connectivity index (χ4v) is 3.32. The highest BCUT2D eigenvalue weighted by Crippen LogP contribution is 2.26. The van der Waals surface area contributed by atoms with Crippen LogP contribution in [0.25, 0.3) is 16.6 Å². The molecule has 4 aromatic rings. The number of rotatable bonds is 5. The number of carboxylic acids is 1. The molecule has 3 aromatic carbocycles. The Morgan fingerprint density at radius 3 is 2.20 bits per heavy atom. The fraction of sp³-hybridized carbons (Fsp3) is 0.154. The van der Waals surface area contributed by atoms with Crippen LogP contribution >= 0.6 is 0 Å². The number of hydrogen-bond acceptors (Lipinski definition) is 2. The van der Waals surface area contributed by atoms with Crippen LogP contribution in [-0.2, 0) is 11.2 Å². The van der Waals surface area contributed by atoms with Crippen molar-refractivity contribution >= 4 is 22.6 Å². The predicted molar refractivity (Wildman–Crippen MR) is 123 cm³/mol. The summed E-state index contributed by atoms with van der Waals surface area (Å²) < 4.78 is 2.18. The topological polar surface area (TPSA) is 66.1 Å². The molecule has 0 aliphatic heterocycles. The van der Waals surface area contributed by atoms with E-state index in [1.807, 2.05) is 36.4 Å². The lowest BCUT2D eigenvalue weighted by atomic mass is 9.99. The standard InChI is InChI=1S/C23H20N2.C3H6O2/c1-17-9-5-6-10-18(17)15-22(24)21-16-25(19-11-3-2-4-12-19)23-14-8-7-13-20(21)23;1-2-3(4)5/h2-14,16,24H,15H2,1H3;2H2,1H3,(H,4,5). The van der Waals surface area contributed by atoms with Gasteiger partial charge >= 0.3 is 5.97 Å². The monoisotopic (exact) mass is 398 g/mol. The molecule has 1 aromatic heterocycles. The first-order valence-electron chi connectivity index (χ1n) is 10.0. The highest BCUT2D eigenvalue weighted by molar-refractivity contribution is 6.10. The van der Waals surface area contributed by atoms with Crippen LogP contribution in [0.5, 0.6) is 0 Å². The van der Waals surface area contributed by atoms with Crippen molar-refractivity contribution in [3.63, 3.8) is 0 Å². The number of carboxylic acid groups (broad SMARTS) is 1. The first kappa shape index (κ1) is 21.1. The van der Waals surface area contributed by atoms with Crippen molar-refractivity contribution in [1.29, 1.82) is 5.41 Å². The number of carbonyl (C=O) groups is 1. The molecule has 30 heavy (non-hydrogen) atoms. The van der Waals surface area contributed by atoms with Crippen LogP contribution < -0.4 is 0 Å². The largest absolute Gasteiger partial charge is 0.481 e. The third kappa shape index (κ3) is 4.84. The summed E-state index contributed by atoms with van der Waals surface area (Å²) in [5, 5.41) is 17.6. The van der Waals surface area contributed by atoms with Crippen molar-refractivity contribution in [3.8, 4) is 5.69 Å². The summed E-state index contributed by atoms with van der Waals surface area (Å²) in [4.78, 5) is 9.37. The third-order valence-corrected chi connectivity index (χ3v) is 5.00. The Morgan fingerprint density at radius 2 is 1.53 bits per heavy atom. The molecule has 0 radical (unpaired) electrons. The molecule has 4 heteroatoms. The van der Waals surface area contributed by atoms with Crippen LogP contribution in [0.3, 0.4) is 0 Å². The van der Waals surface area contributed by atoms with Gasteiger partial charge < -0.3 is 15.1 Å². The van der Waals surface area contributed by atoms with E-state index in [4.69, 9.17) is 10.5 Å². The molecule has 0 saturated carbocycles. The van der Waals surface area contributed by atoms with Gasteiger partial charge in [-0.3, -0.25) is 4.79 Å². The van der Waals surface area contributed by atoms with Crippen LogP contribution in [0.2, 0.25) is 0 Å². The van der Waals surface area contributed by atoms with Gasteiger partial charge in [0.15, 0.2) is 0 Å². The van der Waals surface area contributed by atoms with Crippen molar-refractivity contribution < 1.29 is 9.90 Å². The van der Waals surface area contributed by atoms with Gasteiger partial charge in [0.2, 0.25) is 0 Å². The Kier molecular flexibility index (Phi) is 6.81. The zero-order chi connectivity index (χ0) is 21.5. The maximum absolute atomic E-state index is 9.37. The first-order chi connectivity index (χ1) is 14.5. The van der Waals surface area contributed by atoms with Crippen molar-refractivity contribution in [2.45, 2.75) is 26.7 Å². The molecule has 0 saturated heterocycles. The minimum atomic E-state index is -0.745. The Bertz CT molecular complexity index is 1160. The van der Waals surface area contributed by atoms with E-state index in [0.717, 1.165) is 22.2 Å². The SMILES string of the molecule is CCC(=O)O.Cc1ccccc1CC(=N)c1cn(-c2ccccc2)c2ccccc12. The third-order valence-electron chi connectivity index (χ3n) is 5.00. The molecule has 0 amide bonds. The lowest BCUT2D eigenvalue weighted by Gasteiger charge is -2.06. The number of nitrogens with zero attached hydrogens (tertiary/aromatic N) is 1. The maximum atomic E-state index is 9.37. The van der Waals surface area contributed by atoms with E-state index in [9.17, 15) is 4.79 Å². The number of nitrogens with one attached hydrogen (secondary N) is 1. The number of aliphatic carboxylic acids is 1. The van der Waals surface area contributed by atoms with Crippen molar-refractivity contribution in [2.75, 3.05) is 0 Å². The van der Waals surface area contributed by atoms with Gasteiger partial charge in [0.25, 0.3) is 0 Å². The number of aromatic nitrogens is 1. The Labute approximate surface area is 176 Å². The Hall–Kier alpha value is -3.66. The van der Waals surface area contributed by atoms with Crippen molar-refractivity contribution in [3.05, 3.63) is 102 Å². The molecule has 0 bridgehead atoms. The minimum absolute atomic E-state index is 0.222. The molecule has 0 atom stereocenters. The van der Waals surface area contributed by atoms with E-state index in [1.54, 1.807) is 6.92 Å². The minimum Gasteiger partial charge on any atom is -0.481 e. The summed E-state index contributed by atoms with van der Waals surface area (Å²) >= 11 is 0. The number of para-hydroxylation sites is 2. The van der Waals surface area contributed by atoms with Crippen LogP contribution in [0.15, 0.2) is 85.1 Å². The zero-order valence-corrected chi connectivity index (χ0v) is 17.3. The summed E-state index contributed by atoms with van der Waals surface area (Å²) in [7, 11) is 0. The van der Waals surface area contributed by atoms with Gasteiger partial charge in [-0.25, -0.2) is 0 Å². The highest BCUT2D eigenvalue weighted by atomic mass is 16.4. The second-order valence-electron chi connectivity index (χ2n) is 7.09. The van der Waals surface area contributed by atoms with Gasteiger partial charge in [0.1, 0.15) is 0 Å². The van der Waals surface area contributed by atoms with Gasteiger partial charge in [-0.15, -0.1) is 0 Å². The summed E-state index contributed by atoms with van der Waals surface area (Å²) in [5.74, 6) is -0.745. The van der Waals surface area contributed by atoms with Gasteiger partial charge in [0.05, 0.1) is 5.52 Å². The van der Waals surface area contributed by atoms with Gasteiger partial charge in [0, 0.05) is 41.4 Å². The number of benzene rings is 3. The second kappa shape index (κ2) is 9.70. The lowest BCUT2D eigenvalue weighted by molar-refractivity contribution is -0.136. The molecule has 0 spiro atoms.